The van der Waals surface area contributed by atoms with Gasteiger partial charge in [0.05, 0.1) is 18.8 Å². The maximum absolute atomic E-state index is 12.4. The van der Waals surface area contributed by atoms with E-state index in [2.05, 4.69) is 4.98 Å². The lowest BCUT2D eigenvalue weighted by Gasteiger charge is -2.07. The summed E-state index contributed by atoms with van der Waals surface area (Å²) in [4.78, 5) is 16.3. The van der Waals surface area contributed by atoms with Crippen molar-refractivity contribution in [1.29, 1.82) is 5.26 Å². The number of nitrogens with zero attached hydrogens (tertiary/aromatic N) is 2. The first-order chi connectivity index (χ1) is 10.3. The number of benzene rings is 1. The number of carbonyl (C=O) groups excluding carboxylic acids is 1. The summed E-state index contributed by atoms with van der Waals surface area (Å²) in [5, 5.41) is 8.99. The monoisotopic (exact) mass is 284 g/mol. The zero-order valence-corrected chi connectivity index (χ0v) is 11.3. The number of rotatable bonds is 6. The minimum atomic E-state index is -0.445. The van der Waals surface area contributed by atoms with E-state index in [1.165, 1.54) is 6.20 Å². The SMILES string of the molecule is N#Cc1ncccc1C(=O)c1cccc(OCCCF)c1. The third-order valence-electron chi connectivity index (χ3n) is 2.80. The third kappa shape index (κ3) is 3.63. The summed E-state index contributed by atoms with van der Waals surface area (Å²) in [6, 6.07) is 11.7. The topological polar surface area (TPSA) is 63.0 Å². The van der Waals surface area contributed by atoms with Crippen LogP contribution >= 0.6 is 0 Å². The van der Waals surface area contributed by atoms with E-state index in [0.29, 0.717) is 17.7 Å². The Hall–Kier alpha value is -2.74. The minimum Gasteiger partial charge on any atom is -0.493 e. The number of hydrogen-bond acceptors (Lipinski definition) is 4. The highest BCUT2D eigenvalue weighted by Gasteiger charge is 2.14. The Bertz CT molecular complexity index is 680. The number of pyridine rings is 1. The fourth-order valence-electron chi connectivity index (χ4n) is 1.80. The van der Waals surface area contributed by atoms with Crippen LogP contribution in [0.4, 0.5) is 4.39 Å². The molecule has 0 saturated carbocycles. The van der Waals surface area contributed by atoms with Crippen LogP contribution in [-0.4, -0.2) is 24.0 Å². The largest absolute Gasteiger partial charge is 0.493 e. The van der Waals surface area contributed by atoms with E-state index >= 15 is 0 Å². The van der Waals surface area contributed by atoms with Gasteiger partial charge in [-0.3, -0.25) is 9.18 Å². The van der Waals surface area contributed by atoms with E-state index in [4.69, 9.17) is 10.00 Å². The van der Waals surface area contributed by atoms with E-state index in [1.54, 1.807) is 36.4 Å². The van der Waals surface area contributed by atoms with Crippen LogP contribution in [0.3, 0.4) is 0 Å². The molecule has 0 unspecified atom stereocenters. The Balaban J connectivity index is 2.23. The van der Waals surface area contributed by atoms with Crippen LogP contribution < -0.4 is 4.74 Å². The van der Waals surface area contributed by atoms with Crippen molar-refractivity contribution in [3.63, 3.8) is 0 Å². The van der Waals surface area contributed by atoms with Gasteiger partial charge in [-0.25, -0.2) is 4.98 Å². The molecule has 5 heteroatoms. The highest BCUT2D eigenvalue weighted by Crippen LogP contribution is 2.18. The first kappa shape index (κ1) is 14.7. The Kier molecular flexibility index (Phi) is 4.99. The molecule has 0 radical (unpaired) electrons. The number of halogens is 1. The normalized spacial score (nSPS) is 9.90. The molecule has 2 rings (SSSR count). The van der Waals surface area contributed by atoms with Gasteiger partial charge in [-0.15, -0.1) is 0 Å². The van der Waals surface area contributed by atoms with Crippen molar-refractivity contribution < 1.29 is 13.9 Å². The molecule has 1 aromatic heterocycles. The van der Waals surface area contributed by atoms with Crippen molar-refractivity contribution in [2.24, 2.45) is 0 Å². The lowest BCUT2D eigenvalue weighted by molar-refractivity contribution is 0.103. The second-order valence-electron chi connectivity index (χ2n) is 4.26. The van der Waals surface area contributed by atoms with Crippen LogP contribution in [0.1, 0.15) is 28.0 Å². The average molecular weight is 284 g/mol. The fraction of sp³-hybridized carbons (Fsp3) is 0.188. The van der Waals surface area contributed by atoms with Crippen LogP contribution in [-0.2, 0) is 0 Å². The van der Waals surface area contributed by atoms with Gasteiger partial charge in [0, 0.05) is 18.2 Å². The zero-order chi connectivity index (χ0) is 15.1. The smallest absolute Gasteiger partial charge is 0.196 e. The molecule has 0 amide bonds. The first-order valence-corrected chi connectivity index (χ1v) is 6.45. The molecule has 0 aliphatic heterocycles. The van der Waals surface area contributed by atoms with Crippen molar-refractivity contribution in [2.75, 3.05) is 13.3 Å². The van der Waals surface area contributed by atoms with E-state index in [0.717, 1.165) is 0 Å². The number of hydrogen-bond donors (Lipinski definition) is 0. The van der Waals surface area contributed by atoms with Crippen LogP contribution in [0.25, 0.3) is 0 Å². The number of nitriles is 1. The van der Waals surface area contributed by atoms with Crippen molar-refractivity contribution in [3.8, 4) is 11.8 Å². The molecule has 106 valence electrons. The Morgan fingerprint density at radius 1 is 1.33 bits per heavy atom. The second-order valence-corrected chi connectivity index (χ2v) is 4.26. The molecule has 2 aromatic rings. The summed E-state index contributed by atoms with van der Waals surface area (Å²) in [6.45, 7) is -0.190. The summed E-state index contributed by atoms with van der Waals surface area (Å²) >= 11 is 0. The summed E-state index contributed by atoms with van der Waals surface area (Å²) in [5.41, 5.74) is 0.740. The molecule has 0 saturated heterocycles. The van der Waals surface area contributed by atoms with Crippen molar-refractivity contribution in [3.05, 3.63) is 59.4 Å². The Morgan fingerprint density at radius 3 is 2.95 bits per heavy atom. The number of alkyl halides is 1. The van der Waals surface area contributed by atoms with Crippen molar-refractivity contribution in [2.45, 2.75) is 6.42 Å². The Labute approximate surface area is 121 Å². The van der Waals surface area contributed by atoms with Crippen LogP contribution in [0.5, 0.6) is 5.75 Å². The van der Waals surface area contributed by atoms with Crippen LogP contribution in [0.2, 0.25) is 0 Å². The van der Waals surface area contributed by atoms with Gasteiger partial charge in [0.2, 0.25) is 0 Å². The van der Waals surface area contributed by atoms with Crippen LogP contribution in [0, 0.1) is 11.3 Å². The molecular formula is C16H13FN2O2. The van der Waals surface area contributed by atoms with Gasteiger partial charge in [-0.05, 0) is 24.3 Å². The molecule has 0 aliphatic carbocycles. The molecule has 0 bridgehead atoms. The molecule has 0 fully saturated rings. The standard InChI is InChI=1S/C16H13FN2O2/c17-7-3-9-21-13-5-1-4-12(10-13)16(20)14-6-2-8-19-15(14)11-18/h1-2,4-6,8,10H,3,7,9H2. The molecular weight excluding hydrogens is 271 g/mol. The maximum atomic E-state index is 12.4. The lowest BCUT2D eigenvalue weighted by Crippen LogP contribution is -2.06. The number of ketones is 1. The van der Waals surface area contributed by atoms with Gasteiger partial charge >= 0.3 is 0 Å². The van der Waals surface area contributed by atoms with Gasteiger partial charge < -0.3 is 4.74 Å². The van der Waals surface area contributed by atoms with Gasteiger partial charge in [0.25, 0.3) is 0 Å². The molecule has 0 aliphatic rings. The third-order valence-corrected chi connectivity index (χ3v) is 2.80. The number of carbonyl (C=O) groups is 1. The predicted molar refractivity (Wildman–Crippen MR) is 74.9 cm³/mol. The number of ether oxygens (including phenoxy) is 1. The molecule has 21 heavy (non-hydrogen) atoms. The molecule has 1 heterocycles. The summed E-state index contributed by atoms with van der Waals surface area (Å²) in [7, 11) is 0. The van der Waals surface area contributed by atoms with Gasteiger partial charge in [0.15, 0.2) is 11.5 Å². The van der Waals surface area contributed by atoms with E-state index in [-0.39, 0.29) is 23.6 Å². The first-order valence-electron chi connectivity index (χ1n) is 6.45. The van der Waals surface area contributed by atoms with Crippen molar-refractivity contribution >= 4 is 5.78 Å². The lowest BCUT2D eigenvalue weighted by atomic mass is 10.0. The predicted octanol–water partition coefficient (Wildman–Crippen LogP) is 2.92. The Morgan fingerprint density at radius 2 is 2.19 bits per heavy atom. The van der Waals surface area contributed by atoms with E-state index < -0.39 is 6.67 Å². The highest BCUT2D eigenvalue weighted by atomic mass is 19.1. The fourth-order valence-corrected chi connectivity index (χ4v) is 1.80. The van der Waals surface area contributed by atoms with Crippen LogP contribution in [0.15, 0.2) is 42.6 Å². The molecule has 0 spiro atoms. The maximum Gasteiger partial charge on any atom is 0.196 e. The molecule has 0 atom stereocenters. The van der Waals surface area contributed by atoms with E-state index in [1.807, 2.05) is 6.07 Å². The van der Waals surface area contributed by atoms with Gasteiger partial charge in [-0.2, -0.15) is 5.26 Å². The minimum absolute atomic E-state index is 0.0891. The van der Waals surface area contributed by atoms with E-state index in [9.17, 15) is 9.18 Å². The summed E-state index contributed by atoms with van der Waals surface area (Å²) in [6.07, 6.45) is 1.77. The average Bonchev–Trinajstić information content (AvgIpc) is 2.54. The van der Waals surface area contributed by atoms with Gasteiger partial charge in [-0.1, -0.05) is 12.1 Å². The molecule has 1 aromatic carbocycles. The van der Waals surface area contributed by atoms with Crippen molar-refractivity contribution in [1.82, 2.24) is 4.98 Å². The molecule has 4 nitrogen and oxygen atoms in total. The second kappa shape index (κ2) is 7.15. The quantitative estimate of drug-likeness (QED) is 0.604. The number of aromatic nitrogens is 1. The van der Waals surface area contributed by atoms with Gasteiger partial charge in [0.1, 0.15) is 11.8 Å². The molecule has 0 N–H and O–H groups in total. The summed E-state index contributed by atoms with van der Waals surface area (Å²) in [5.74, 6) is 0.201. The summed E-state index contributed by atoms with van der Waals surface area (Å²) < 4.78 is 17.4. The highest BCUT2D eigenvalue weighted by molar-refractivity contribution is 6.10. The zero-order valence-electron chi connectivity index (χ0n) is 11.3.